The van der Waals surface area contributed by atoms with Gasteiger partial charge in [0.15, 0.2) is 0 Å². The van der Waals surface area contributed by atoms with Crippen LogP contribution in [0.15, 0.2) is 54.9 Å². The second-order valence-corrected chi connectivity index (χ2v) is 7.54. The van der Waals surface area contributed by atoms with Crippen molar-refractivity contribution in [3.63, 3.8) is 0 Å². The minimum Gasteiger partial charge on any atom is -0.350 e. The van der Waals surface area contributed by atoms with E-state index in [-0.39, 0.29) is 11.7 Å². The first-order chi connectivity index (χ1) is 15.4. The van der Waals surface area contributed by atoms with Gasteiger partial charge in [-0.1, -0.05) is 6.07 Å². The number of hydrogen-bond acceptors (Lipinski definition) is 5. The summed E-state index contributed by atoms with van der Waals surface area (Å²) in [6.45, 7) is 6.34. The van der Waals surface area contributed by atoms with Gasteiger partial charge in [-0.25, -0.2) is 14.4 Å². The van der Waals surface area contributed by atoms with Crippen LogP contribution in [0, 0.1) is 26.6 Å². The Morgan fingerprint density at radius 2 is 1.78 bits per heavy atom. The number of aromatic nitrogens is 5. The molecular weight excluding hydrogens is 407 g/mol. The minimum atomic E-state index is -0.299. The molecule has 32 heavy (non-hydrogen) atoms. The van der Waals surface area contributed by atoms with Gasteiger partial charge in [0.05, 0.1) is 34.9 Å². The summed E-state index contributed by atoms with van der Waals surface area (Å²) >= 11 is 0. The van der Waals surface area contributed by atoms with Crippen molar-refractivity contribution < 1.29 is 9.18 Å². The quantitative estimate of drug-likeness (QED) is 0.502. The Morgan fingerprint density at radius 1 is 1.00 bits per heavy atom. The highest BCUT2D eigenvalue weighted by atomic mass is 19.1. The fraction of sp³-hybridized carbons (Fsp3) is 0.208. The molecule has 1 aromatic carbocycles. The summed E-state index contributed by atoms with van der Waals surface area (Å²) in [5, 5.41) is 7.59. The average Bonchev–Trinajstić information content (AvgIpc) is 3.18. The van der Waals surface area contributed by atoms with Crippen molar-refractivity contribution in [2.45, 2.75) is 27.3 Å². The van der Waals surface area contributed by atoms with Crippen molar-refractivity contribution in [1.82, 2.24) is 30.0 Å². The van der Waals surface area contributed by atoms with E-state index in [0.29, 0.717) is 35.9 Å². The molecule has 162 valence electrons. The van der Waals surface area contributed by atoms with Crippen LogP contribution >= 0.6 is 0 Å². The third-order valence-corrected chi connectivity index (χ3v) is 5.05. The molecule has 4 rings (SSSR count). The van der Waals surface area contributed by atoms with Crippen LogP contribution in [0.1, 0.15) is 27.4 Å². The van der Waals surface area contributed by atoms with Crippen LogP contribution in [-0.4, -0.2) is 37.2 Å². The third kappa shape index (κ3) is 4.69. The molecule has 0 saturated heterocycles. The van der Waals surface area contributed by atoms with Gasteiger partial charge in [-0.2, -0.15) is 5.10 Å². The molecule has 0 unspecified atom stereocenters. The third-order valence-electron chi connectivity index (χ3n) is 5.05. The summed E-state index contributed by atoms with van der Waals surface area (Å²) < 4.78 is 15.1. The number of nitrogens with zero attached hydrogens (tertiary/aromatic N) is 5. The molecule has 0 bridgehead atoms. The van der Waals surface area contributed by atoms with Crippen LogP contribution < -0.4 is 5.32 Å². The van der Waals surface area contributed by atoms with E-state index in [1.54, 1.807) is 36.9 Å². The number of amides is 1. The lowest BCUT2D eigenvalue weighted by atomic mass is 10.1. The van der Waals surface area contributed by atoms with E-state index in [9.17, 15) is 9.18 Å². The zero-order valence-electron chi connectivity index (χ0n) is 18.1. The molecule has 0 spiro atoms. The Hall–Kier alpha value is -3.94. The van der Waals surface area contributed by atoms with Crippen molar-refractivity contribution in [3.8, 4) is 22.6 Å². The normalized spacial score (nSPS) is 10.9. The van der Waals surface area contributed by atoms with Crippen LogP contribution in [0.25, 0.3) is 22.6 Å². The summed E-state index contributed by atoms with van der Waals surface area (Å²) in [5.41, 5.74) is 5.23. The zero-order valence-corrected chi connectivity index (χ0v) is 18.1. The number of aryl methyl sites for hydroxylation is 3. The Kier molecular flexibility index (Phi) is 6.02. The van der Waals surface area contributed by atoms with Crippen LogP contribution in [-0.2, 0) is 6.54 Å². The number of benzene rings is 1. The maximum atomic E-state index is 13.3. The van der Waals surface area contributed by atoms with Crippen LogP contribution in [0.5, 0.6) is 0 Å². The van der Waals surface area contributed by atoms with Crippen LogP contribution in [0.3, 0.4) is 0 Å². The summed E-state index contributed by atoms with van der Waals surface area (Å²) in [4.78, 5) is 25.4. The number of nitrogens with one attached hydrogen (secondary N) is 1. The van der Waals surface area contributed by atoms with Gasteiger partial charge < -0.3 is 5.32 Å². The molecule has 1 amide bonds. The Bertz CT molecular complexity index is 1250. The van der Waals surface area contributed by atoms with Gasteiger partial charge in [-0.3, -0.25) is 14.5 Å². The summed E-state index contributed by atoms with van der Waals surface area (Å²) in [6.07, 6.45) is 3.33. The number of carbonyl (C=O) groups excluding carboxylic acids is 1. The molecule has 0 saturated carbocycles. The number of rotatable bonds is 6. The Balaban J connectivity index is 1.56. The summed E-state index contributed by atoms with van der Waals surface area (Å²) in [5.74, 6) is 0.0919. The predicted octanol–water partition coefficient (Wildman–Crippen LogP) is 3.90. The monoisotopic (exact) mass is 430 g/mol. The fourth-order valence-corrected chi connectivity index (χ4v) is 3.35. The van der Waals surface area contributed by atoms with E-state index in [1.807, 2.05) is 25.1 Å². The lowest BCUT2D eigenvalue weighted by molar-refractivity contribution is 0.0950. The first-order valence-electron chi connectivity index (χ1n) is 10.3. The second kappa shape index (κ2) is 9.05. The molecule has 7 nitrogen and oxygen atoms in total. The summed E-state index contributed by atoms with van der Waals surface area (Å²) in [6, 6.07) is 12.0. The molecule has 0 fully saturated rings. The van der Waals surface area contributed by atoms with E-state index < -0.39 is 0 Å². The fourth-order valence-electron chi connectivity index (χ4n) is 3.35. The van der Waals surface area contributed by atoms with Gasteiger partial charge in [0.25, 0.3) is 5.91 Å². The smallest absolute Gasteiger partial charge is 0.254 e. The van der Waals surface area contributed by atoms with Crippen molar-refractivity contribution in [1.29, 1.82) is 0 Å². The molecule has 1 N–H and O–H groups in total. The molecular formula is C24H23FN6O. The van der Waals surface area contributed by atoms with Gasteiger partial charge >= 0.3 is 0 Å². The molecule has 0 radical (unpaired) electrons. The van der Waals surface area contributed by atoms with E-state index in [1.165, 1.54) is 18.3 Å². The molecule has 0 atom stereocenters. The maximum absolute atomic E-state index is 13.3. The molecule has 8 heteroatoms. The van der Waals surface area contributed by atoms with E-state index >= 15 is 0 Å². The van der Waals surface area contributed by atoms with E-state index in [0.717, 1.165) is 22.5 Å². The number of carbonyl (C=O) groups is 1. The topological polar surface area (TPSA) is 85.6 Å². The van der Waals surface area contributed by atoms with Crippen molar-refractivity contribution in [2.24, 2.45) is 0 Å². The maximum Gasteiger partial charge on any atom is 0.254 e. The van der Waals surface area contributed by atoms with Crippen molar-refractivity contribution in [2.75, 3.05) is 6.54 Å². The Labute approximate surface area is 185 Å². The van der Waals surface area contributed by atoms with Gasteiger partial charge in [-0.05, 0) is 62.7 Å². The van der Waals surface area contributed by atoms with Gasteiger partial charge in [0.1, 0.15) is 11.6 Å². The Morgan fingerprint density at radius 3 is 2.47 bits per heavy atom. The minimum absolute atomic E-state index is 0.233. The first kappa shape index (κ1) is 21.3. The van der Waals surface area contributed by atoms with Crippen LogP contribution in [0.4, 0.5) is 4.39 Å². The highest BCUT2D eigenvalue weighted by molar-refractivity contribution is 5.94. The van der Waals surface area contributed by atoms with Crippen molar-refractivity contribution in [3.05, 3.63) is 83.3 Å². The molecule has 0 aliphatic carbocycles. The lowest BCUT2D eigenvalue weighted by Gasteiger charge is -2.10. The molecule has 3 aromatic heterocycles. The summed E-state index contributed by atoms with van der Waals surface area (Å²) in [7, 11) is 0. The standard InChI is InChI=1S/C24H23FN6O/c1-15-4-9-21(28-13-15)23-12-22(18-5-7-19(25)8-6-18)30-31(23)11-10-26-24(32)20-14-27-17(3)29-16(20)2/h4-9,12-14H,10-11H2,1-3H3,(H,26,32). The van der Waals surface area contributed by atoms with Crippen LogP contribution in [0.2, 0.25) is 0 Å². The number of hydrogen-bond donors (Lipinski definition) is 1. The van der Waals surface area contributed by atoms with Crippen molar-refractivity contribution >= 4 is 5.91 Å². The van der Waals surface area contributed by atoms with Gasteiger partial charge in [-0.15, -0.1) is 0 Å². The largest absolute Gasteiger partial charge is 0.350 e. The highest BCUT2D eigenvalue weighted by Gasteiger charge is 2.14. The predicted molar refractivity (Wildman–Crippen MR) is 119 cm³/mol. The number of halogens is 1. The van der Waals surface area contributed by atoms with Gasteiger partial charge in [0, 0.05) is 24.5 Å². The molecule has 4 aromatic rings. The SMILES string of the molecule is Cc1ccc(-c2cc(-c3ccc(F)cc3)nn2CCNC(=O)c2cnc(C)nc2C)nc1. The molecule has 0 aliphatic heterocycles. The second-order valence-electron chi connectivity index (χ2n) is 7.54. The first-order valence-corrected chi connectivity index (χ1v) is 10.3. The average molecular weight is 430 g/mol. The van der Waals surface area contributed by atoms with E-state index in [2.05, 4.69) is 25.4 Å². The number of pyridine rings is 1. The molecule has 3 heterocycles. The molecule has 0 aliphatic rings. The zero-order chi connectivity index (χ0) is 22.7. The highest BCUT2D eigenvalue weighted by Crippen LogP contribution is 2.25. The van der Waals surface area contributed by atoms with E-state index in [4.69, 9.17) is 0 Å². The van der Waals surface area contributed by atoms with Gasteiger partial charge in [0.2, 0.25) is 0 Å². The lowest BCUT2D eigenvalue weighted by Crippen LogP contribution is -2.28.